The van der Waals surface area contributed by atoms with Crippen molar-refractivity contribution in [2.24, 2.45) is 4.99 Å². The molecule has 0 bridgehead atoms. The molecular formula is C24H29N3O3S2. The first-order valence-electron chi connectivity index (χ1n) is 11.0. The number of aryl methyl sites for hydroxylation is 1. The van der Waals surface area contributed by atoms with Gasteiger partial charge in [-0.25, -0.2) is 8.42 Å². The molecule has 0 N–H and O–H groups in total. The van der Waals surface area contributed by atoms with Gasteiger partial charge in [-0.1, -0.05) is 41.6 Å². The van der Waals surface area contributed by atoms with Gasteiger partial charge in [0.25, 0.3) is 5.91 Å². The van der Waals surface area contributed by atoms with Crippen molar-refractivity contribution in [1.82, 2.24) is 0 Å². The monoisotopic (exact) mass is 471 g/mol. The van der Waals surface area contributed by atoms with Crippen LogP contribution in [0.2, 0.25) is 0 Å². The van der Waals surface area contributed by atoms with Crippen LogP contribution in [0.5, 0.6) is 0 Å². The number of carbonyl (C=O) groups excluding carboxylic acids is 1. The molecule has 2 fully saturated rings. The van der Waals surface area contributed by atoms with Crippen LogP contribution >= 0.6 is 11.8 Å². The number of hydrogen-bond acceptors (Lipinski definition) is 5. The Morgan fingerprint density at radius 1 is 1.06 bits per heavy atom. The molecule has 0 aromatic heterocycles. The smallest absolute Gasteiger partial charge is 0.252 e. The van der Waals surface area contributed by atoms with E-state index in [9.17, 15) is 13.2 Å². The normalized spacial score (nSPS) is 22.8. The van der Waals surface area contributed by atoms with Crippen molar-refractivity contribution in [3.8, 4) is 0 Å². The molecule has 2 aliphatic heterocycles. The molecule has 2 aliphatic rings. The molecule has 170 valence electrons. The number of sulfone groups is 1. The molecule has 2 atom stereocenters. The lowest BCUT2D eigenvalue weighted by molar-refractivity contribution is -0.117. The van der Waals surface area contributed by atoms with Crippen molar-refractivity contribution in [3.63, 3.8) is 0 Å². The van der Waals surface area contributed by atoms with Gasteiger partial charge in [0.1, 0.15) is 0 Å². The lowest BCUT2D eigenvalue weighted by Crippen LogP contribution is -2.37. The summed E-state index contributed by atoms with van der Waals surface area (Å²) < 4.78 is 24.6. The van der Waals surface area contributed by atoms with E-state index in [2.05, 4.69) is 35.9 Å². The molecule has 4 rings (SSSR count). The van der Waals surface area contributed by atoms with Gasteiger partial charge in [-0.15, -0.1) is 0 Å². The Labute approximate surface area is 194 Å². The van der Waals surface area contributed by atoms with Crippen LogP contribution in [-0.2, 0) is 21.1 Å². The van der Waals surface area contributed by atoms with Crippen LogP contribution in [0.1, 0.15) is 25.0 Å². The van der Waals surface area contributed by atoms with Crippen molar-refractivity contribution < 1.29 is 13.2 Å². The van der Waals surface area contributed by atoms with Gasteiger partial charge in [0.05, 0.1) is 24.0 Å². The Bertz CT molecular complexity index is 1110. The summed E-state index contributed by atoms with van der Waals surface area (Å²) in [6, 6.07) is 15.8. The summed E-state index contributed by atoms with van der Waals surface area (Å²) in [7, 11) is -3.09. The highest BCUT2D eigenvalue weighted by molar-refractivity contribution is 8.16. The first-order valence-corrected chi connectivity index (χ1v) is 13.7. The standard InChI is InChI=1S/C24H29N3O3S2/c1-4-26(5-2)19-10-12-20(13-11-19)27-21-15-32(29,30)16-22(21)31-24(27)25-23(28)14-18-8-6-17(3)7-9-18/h6-13,21-22H,4-5,14-16H2,1-3H3. The van der Waals surface area contributed by atoms with E-state index in [-0.39, 0.29) is 35.1 Å². The van der Waals surface area contributed by atoms with Crippen LogP contribution in [-0.4, -0.2) is 55.4 Å². The zero-order valence-electron chi connectivity index (χ0n) is 18.7. The minimum Gasteiger partial charge on any atom is -0.372 e. The molecule has 2 aromatic rings. The molecule has 32 heavy (non-hydrogen) atoms. The first kappa shape index (κ1) is 22.9. The third-order valence-corrected chi connectivity index (χ3v) is 9.23. The fourth-order valence-electron chi connectivity index (χ4n) is 4.31. The SMILES string of the molecule is CCN(CC)c1ccc(N2C(=NC(=O)Cc3ccc(C)cc3)SC3CS(=O)(=O)CC32)cc1. The topological polar surface area (TPSA) is 70.0 Å². The minimum atomic E-state index is -3.09. The van der Waals surface area contributed by atoms with E-state index < -0.39 is 9.84 Å². The Balaban J connectivity index is 1.62. The molecule has 1 amide bonds. The second kappa shape index (κ2) is 9.27. The molecule has 0 saturated carbocycles. The molecule has 0 radical (unpaired) electrons. The van der Waals surface area contributed by atoms with E-state index in [0.29, 0.717) is 5.17 Å². The maximum absolute atomic E-state index is 12.7. The van der Waals surface area contributed by atoms with Gasteiger partial charge in [0, 0.05) is 29.7 Å². The zero-order chi connectivity index (χ0) is 22.9. The molecular weight excluding hydrogens is 442 g/mol. The summed E-state index contributed by atoms with van der Waals surface area (Å²) >= 11 is 1.41. The Hall–Kier alpha value is -2.32. The average Bonchev–Trinajstić information content (AvgIpc) is 3.22. The number of aliphatic imine (C=N–C) groups is 1. The summed E-state index contributed by atoms with van der Waals surface area (Å²) in [6.07, 6.45) is 0.229. The second-order valence-corrected chi connectivity index (χ2v) is 11.7. The molecule has 6 nitrogen and oxygen atoms in total. The third-order valence-electron chi connectivity index (χ3n) is 6.02. The summed E-state index contributed by atoms with van der Waals surface area (Å²) in [4.78, 5) is 21.4. The summed E-state index contributed by atoms with van der Waals surface area (Å²) in [6.45, 7) is 8.08. The van der Waals surface area contributed by atoms with Gasteiger partial charge < -0.3 is 9.80 Å². The van der Waals surface area contributed by atoms with Crippen molar-refractivity contribution >= 4 is 44.0 Å². The lowest BCUT2D eigenvalue weighted by atomic mass is 10.1. The van der Waals surface area contributed by atoms with Crippen LogP contribution < -0.4 is 9.80 Å². The zero-order valence-corrected chi connectivity index (χ0v) is 20.3. The van der Waals surface area contributed by atoms with E-state index >= 15 is 0 Å². The highest BCUT2D eigenvalue weighted by atomic mass is 32.2. The Kier molecular flexibility index (Phi) is 6.62. The highest BCUT2D eigenvalue weighted by Crippen LogP contribution is 2.41. The fraction of sp³-hybridized carbons (Fsp3) is 0.417. The number of hydrogen-bond donors (Lipinski definition) is 0. The van der Waals surface area contributed by atoms with Gasteiger partial charge in [-0.3, -0.25) is 4.79 Å². The lowest BCUT2D eigenvalue weighted by Gasteiger charge is -2.26. The molecule has 0 aliphatic carbocycles. The van der Waals surface area contributed by atoms with E-state index in [1.165, 1.54) is 11.8 Å². The number of thioether (sulfide) groups is 1. The van der Waals surface area contributed by atoms with E-state index in [0.717, 1.165) is 35.6 Å². The Morgan fingerprint density at radius 2 is 1.72 bits per heavy atom. The van der Waals surface area contributed by atoms with Crippen LogP contribution in [0.4, 0.5) is 11.4 Å². The van der Waals surface area contributed by atoms with E-state index in [1.54, 1.807) is 0 Å². The van der Waals surface area contributed by atoms with Crippen molar-refractivity contribution in [2.75, 3.05) is 34.4 Å². The molecule has 2 aromatic carbocycles. The van der Waals surface area contributed by atoms with Gasteiger partial charge in [0.15, 0.2) is 15.0 Å². The largest absolute Gasteiger partial charge is 0.372 e. The number of rotatable bonds is 6. The van der Waals surface area contributed by atoms with Crippen LogP contribution in [0.15, 0.2) is 53.5 Å². The predicted molar refractivity (Wildman–Crippen MR) is 134 cm³/mol. The number of nitrogens with zero attached hydrogens (tertiary/aromatic N) is 3. The fourth-order valence-corrected chi connectivity index (χ4v) is 8.24. The summed E-state index contributed by atoms with van der Waals surface area (Å²) in [5.74, 6) is -0.00114. The Morgan fingerprint density at radius 3 is 2.34 bits per heavy atom. The number of carbonyl (C=O) groups is 1. The maximum Gasteiger partial charge on any atom is 0.252 e. The van der Waals surface area contributed by atoms with Gasteiger partial charge in [-0.05, 0) is 50.6 Å². The molecule has 0 spiro atoms. The van der Waals surface area contributed by atoms with Crippen LogP contribution in [0.25, 0.3) is 0 Å². The van der Waals surface area contributed by atoms with Crippen LogP contribution in [0, 0.1) is 6.92 Å². The third kappa shape index (κ3) is 4.86. The number of amides is 1. The summed E-state index contributed by atoms with van der Waals surface area (Å²) in [5.41, 5.74) is 4.06. The molecule has 2 unspecified atom stereocenters. The second-order valence-electron chi connectivity index (χ2n) is 8.31. The number of amidine groups is 1. The average molecular weight is 472 g/mol. The highest BCUT2D eigenvalue weighted by Gasteiger charge is 2.49. The van der Waals surface area contributed by atoms with Crippen LogP contribution in [0.3, 0.4) is 0 Å². The van der Waals surface area contributed by atoms with Gasteiger partial charge in [-0.2, -0.15) is 4.99 Å². The van der Waals surface area contributed by atoms with Gasteiger partial charge in [0.2, 0.25) is 0 Å². The molecule has 2 heterocycles. The number of anilines is 2. The molecule has 8 heteroatoms. The van der Waals surface area contributed by atoms with E-state index in [4.69, 9.17) is 0 Å². The summed E-state index contributed by atoms with van der Waals surface area (Å²) in [5, 5.41) is 0.496. The predicted octanol–water partition coefficient (Wildman–Crippen LogP) is 3.69. The molecule has 2 saturated heterocycles. The van der Waals surface area contributed by atoms with Crippen molar-refractivity contribution in [3.05, 3.63) is 59.7 Å². The minimum absolute atomic E-state index is 0.0909. The number of fused-ring (bicyclic) bond motifs is 1. The van der Waals surface area contributed by atoms with Crippen molar-refractivity contribution in [1.29, 1.82) is 0 Å². The quantitative estimate of drug-likeness (QED) is 0.640. The van der Waals surface area contributed by atoms with E-state index in [1.807, 2.05) is 48.2 Å². The first-order chi connectivity index (χ1) is 15.3. The van der Waals surface area contributed by atoms with Gasteiger partial charge >= 0.3 is 0 Å². The number of benzene rings is 2. The van der Waals surface area contributed by atoms with Crippen molar-refractivity contribution in [2.45, 2.75) is 38.5 Å². The maximum atomic E-state index is 12.7.